The van der Waals surface area contributed by atoms with Crippen molar-refractivity contribution in [2.24, 2.45) is 4.99 Å². The molecule has 2 aromatic carbocycles. The Labute approximate surface area is 155 Å². The highest BCUT2D eigenvalue weighted by Crippen LogP contribution is 2.32. The maximum absolute atomic E-state index is 12.3. The highest BCUT2D eigenvalue weighted by atomic mass is 35.5. The molecule has 0 saturated heterocycles. The summed E-state index contributed by atoms with van der Waals surface area (Å²) in [4.78, 5) is 25.6. The van der Waals surface area contributed by atoms with Crippen LogP contribution >= 0.6 is 11.6 Å². The van der Waals surface area contributed by atoms with E-state index in [0.717, 1.165) is 16.8 Å². The second-order valence-electron chi connectivity index (χ2n) is 6.01. The quantitative estimate of drug-likeness (QED) is 0.726. The number of fused-ring (bicyclic) bond motifs is 1. The summed E-state index contributed by atoms with van der Waals surface area (Å²) in [5, 5.41) is 3.42. The largest absolute Gasteiger partial charge is 0.324 e. The van der Waals surface area contributed by atoms with Gasteiger partial charge in [-0.2, -0.15) is 0 Å². The number of carbonyl (C=O) groups excluding carboxylic acids is 1. The molecule has 0 spiro atoms. The summed E-state index contributed by atoms with van der Waals surface area (Å²) in [6.45, 7) is 1.86. The fourth-order valence-electron chi connectivity index (χ4n) is 2.88. The van der Waals surface area contributed by atoms with Crippen molar-refractivity contribution in [3.8, 4) is 11.3 Å². The first-order valence-electron chi connectivity index (χ1n) is 8.16. The molecular formula is C20H15ClN4O. The molecule has 128 valence electrons. The Balaban J connectivity index is 1.78. The van der Waals surface area contributed by atoms with Crippen LogP contribution in [0.25, 0.3) is 11.3 Å². The number of aryl methyl sites for hydroxylation is 1. The van der Waals surface area contributed by atoms with Crippen LogP contribution in [0.1, 0.15) is 17.8 Å². The smallest absolute Gasteiger partial charge is 0.230 e. The Hall–Kier alpha value is -3.05. The molecular weight excluding hydrogens is 348 g/mol. The predicted octanol–water partition coefficient (Wildman–Crippen LogP) is 4.57. The molecule has 0 bridgehead atoms. The minimum atomic E-state index is -0.118. The summed E-state index contributed by atoms with van der Waals surface area (Å²) < 4.78 is 0. The van der Waals surface area contributed by atoms with Crippen molar-refractivity contribution in [1.29, 1.82) is 0 Å². The number of nitrogens with one attached hydrogen (secondary N) is 1. The average Bonchev–Trinajstić information content (AvgIpc) is 2.79. The van der Waals surface area contributed by atoms with Crippen LogP contribution in [0.15, 0.2) is 59.7 Å². The van der Waals surface area contributed by atoms with Crippen molar-refractivity contribution >= 4 is 34.6 Å². The molecule has 1 amide bonds. The van der Waals surface area contributed by atoms with Crippen molar-refractivity contribution in [3.63, 3.8) is 0 Å². The molecule has 0 radical (unpaired) electrons. The first-order chi connectivity index (χ1) is 12.6. The van der Waals surface area contributed by atoms with E-state index < -0.39 is 0 Å². The molecule has 6 heteroatoms. The number of aliphatic imine (C=N–C) groups is 1. The van der Waals surface area contributed by atoms with Crippen LogP contribution < -0.4 is 5.32 Å². The van der Waals surface area contributed by atoms with Crippen molar-refractivity contribution < 1.29 is 4.79 Å². The number of hydrogen-bond acceptors (Lipinski definition) is 4. The lowest BCUT2D eigenvalue weighted by Crippen LogP contribution is -2.15. The molecule has 1 aliphatic heterocycles. The van der Waals surface area contributed by atoms with Gasteiger partial charge in [0.2, 0.25) is 5.91 Å². The Morgan fingerprint density at radius 2 is 1.92 bits per heavy atom. The van der Waals surface area contributed by atoms with E-state index in [0.29, 0.717) is 27.9 Å². The van der Waals surface area contributed by atoms with E-state index in [1.54, 1.807) is 24.4 Å². The monoisotopic (exact) mass is 362 g/mol. The number of anilines is 1. The molecule has 1 N–H and O–H groups in total. The van der Waals surface area contributed by atoms with E-state index in [2.05, 4.69) is 15.3 Å². The minimum Gasteiger partial charge on any atom is -0.324 e. The van der Waals surface area contributed by atoms with Crippen LogP contribution in [0, 0.1) is 6.92 Å². The van der Waals surface area contributed by atoms with Gasteiger partial charge in [0, 0.05) is 16.8 Å². The maximum atomic E-state index is 12.3. The van der Waals surface area contributed by atoms with E-state index in [1.165, 1.54) is 0 Å². The number of rotatable bonds is 2. The summed E-state index contributed by atoms with van der Waals surface area (Å²) in [6, 6.07) is 15.0. The van der Waals surface area contributed by atoms with Crippen molar-refractivity contribution in [1.82, 2.24) is 9.97 Å². The Kier molecular flexibility index (Phi) is 4.22. The van der Waals surface area contributed by atoms with Gasteiger partial charge in [-0.15, -0.1) is 0 Å². The molecule has 26 heavy (non-hydrogen) atoms. The van der Waals surface area contributed by atoms with Gasteiger partial charge in [0.15, 0.2) is 0 Å². The van der Waals surface area contributed by atoms with E-state index in [4.69, 9.17) is 16.6 Å². The zero-order valence-electron chi connectivity index (χ0n) is 14.0. The number of amides is 1. The SMILES string of the molecule is Cc1nccc(-c2cccc(C3=Nc4ccc(Cl)cc4NC(=O)C3)c2)n1. The molecule has 0 aliphatic carbocycles. The van der Waals surface area contributed by atoms with Crippen molar-refractivity contribution in [3.05, 3.63) is 71.1 Å². The Bertz CT molecular complexity index is 1050. The highest BCUT2D eigenvalue weighted by molar-refractivity contribution is 6.31. The predicted molar refractivity (Wildman–Crippen MR) is 103 cm³/mol. The Morgan fingerprint density at radius 1 is 1.08 bits per heavy atom. The summed E-state index contributed by atoms with van der Waals surface area (Å²) in [6.07, 6.45) is 1.93. The molecule has 4 rings (SSSR count). The first-order valence-corrected chi connectivity index (χ1v) is 8.54. The summed E-state index contributed by atoms with van der Waals surface area (Å²) >= 11 is 6.02. The van der Waals surface area contributed by atoms with Gasteiger partial charge in [0.1, 0.15) is 5.82 Å². The van der Waals surface area contributed by atoms with E-state index in [9.17, 15) is 4.79 Å². The van der Waals surface area contributed by atoms with Crippen LogP contribution in [-0.4, -0.2) is 21.6 Å². The number of hydrogen-bond donors (Lipinski definition) is 1. The maximum Gasteiger partial charge on any atom is 0.230 e. The molecule has 1 aliphatic rings. The zero-order valence-corrected chi connectivity index (χ0v) is 14.8. The van der Waals surface area contributed by atoms with Gasteiger partial charge in [0.25, 0.3) is 0 Å². The standard InChI is InChI=1S/C20H15ClN4O/c1-12-22-8-7-16(23-12)13-3-2-4-14(9-13)18-11-20(26)25-19-10-15(21)5-6-17(19)24-18/h2-10H,11H2,1H3,(H,25,26). The number of carbonyl (C=O) groups is 1. The number of aromatic nitrogens is 2. The average molecular weight is 363 g/mol. The van der Waals surface area contributed by atoms with Gasteiger partial charge in [-0.25, -0.2) is 9.97 Å². The minimum absolute atomic E-state index is 0.118. The van der Waals surface area contributed by atoms with E-state index in [-0.39, 0.29) is 12.3 Å². The molecule has 0 saturated carbocycles. The zero-order chi connectivity index (χ0) is 18.1. The third-order valence-corrected chi connectivity index (χ3v) is 4.32. The van der Waals surface area contributed by atoms with Crippen LogP contribution in [0.4, 0.5) is 11.4 Å². The normalized spacial score (nSPS) is 13.5. The molecule has 0 atom stereocenters. The fourth-order valence-corrected chi connectivity index (χ4v) is 3.05. The third-order valence-electron chi connectivity index (χ3n) is 4.08. The van der Waals surface area contributed by atoms with Crippen LogP contribution in [-0.2, 0) is 4.79 Å². The second kappa shape index (κ2) is 6.69. The molecule has 5 nitrogen and oxygen atoms in total. The number of halogens is 1. The van der Waals surface area contributed by atoms with Gasteiger partial charge < -0.3 is 5.32 Å². The van der Waals surface area contributed by atoms with Gasteiger partial charge in [-0.3, -0.25) is 9.79 Å². The lowest BCUT2D eigenvalue weighted by Gasteiger charge is -2.07. The fraction of sp³-hybridized carbons (Fsp3) is 0.100. The third kappa shape index (κ3) is 3.34. The molecule has 3 aromatic rings. The Morgan fingerprint density at radius 3 is 2.77 bits per heavy atom. The van der Waals surface area contributed by atoms with E-state index in [1.807, 2.05) is 37.3 Å². The van der Waals surface area contributed by atoms with Crippen LogP contribution in [0.5, 0.6) is 0 Å². The lowest BCUT2D eigenvalue weighted by molar-refractivity contribution is -0.115. The summed E-state index contributed by atoms with van der Waals surface area (Å²) in [7, 11) is 0. The number of benzene rings is 2. The van der Waals surface area contributed by atoms with Gasteiger partial charge >= 0.3 is 0 Å². The van der Waals surface area contributed by atoms with E-state index >= 15 is 0 Å². The molecule has 0 fully saturated rings. The second-order valence-corrected chi connectivity index (χ2v) is 6.45. The highest BCUT2D eigenvalue weighted by Gasteiger charge is 2.18. The molecule has 1 aromatic heterocycles. The lowest BCUT2D eigenvalue weighted by atomic mass is 10.0. The topological polar surface area (TPSA) is 67.2 Å². The number of nitrogens with zero attached hydrogens (tertiary/aromatic N) is 3. The van der Waals surface area contributed by atoms with Gasteiger partial charge in [-0.05, 0) is 42.8 Å². The van der Waals surface area contributed by atoms with Gasteiger partial charge in [0.05, 0.1) is 29.2 Å². The summed E-state index contributed by atoms with van der Waals surface area (Å²) in [5.41, 5.74) is 4.70. The molecule has 0 unspecified atom stereocenters. The molecule has 2 heterocycles. The van der Waals surface area contributed by atoms with Crippen molar-refractivity contribution in [2.75, 3.05) is 5.32 Å². The first kappa shape index (κ1) is 16.4. The van der Waals surface area contributed by atoms with Crippen molar-refractivity contribution in [2.45, 2.75) is 13.3 Å². The summed E-state index contributed by atoms with van der Waals surface area (Å²) in [5.74, 6) is 0.595. The van der Waals surface area contributed by atoms with Crippen LogP contribution in [0.3, 0.4) is 0 Å². The van der Waals surface area contributed by atoms with Gasteiger partial charge in [-0.1, -0.05) is 29.8 Å². The van der Waals surface area contributed by atoms with Crippen LogP contribution in [0.2, 0.25) is 5.02 Å².